The molecule has 1 heterocycles. The molecule has 4 heteroatoms. The van der Waals surface area contributed by atoms with E-state index in [1.807, 2.05) is 53.4 Å². The minimum absolute atomic E-state index is 0.0462. The van der Waals surface area contributed by atoms with E-state index < -0.39 is 0 Å². The van der Waals surface area contributed by atoms with Crippen molar-refractivity contribution in [2.24, 2.45) is 0 Å². The number of nitrogens with zero attached hydrogens (tertiary/aromatic N) is 1. The van der Waals surface area contributed by atoms with Crippen LogP contribution in [-0.4, -0.2) is 11.9 Å². The van der Waals surface area contributed by atoms with Gasteiger partial charge in [-0.3, -0.25) is 4.79 Å². The van der Waals surface area contributed by atoms with E-state index in [1.54, 1.807) is 12.1 Å². The first-order valence-corrected chi connectivity index (χ1v) is 9.51. The minimum Gasteiger partial charge on any atom is -0.378 e. The topological polar surface area (TPSA) is 32.3 Å². The van der Waals surface area contributed by atoms with Crippen molar-refractivity contribution in [1.82, 2.24) is 0 Å². The number of nitrogens with one attached hydrogen (secondary N) is 1. The van der Waals surface area contributed by atoms with Gasteiger partial charge in [0.2, 0.25) is 0 Å². The summed E-state index contributed by atoms with van der Waals surface area (Å²) in [6.07, 6.45) is 0.822. The van der Waals surface area contributed by atoms with Gasteiger partial charge in [0.05, 0.1) is 16.6 Å². The first kappa shape index (κ1) is 17.6. The molecule has 0 bridgehead atoms. The lowest BCUT2D eigenvalue weighted by Crippen LogP contribution is -2.44. The molecule has 0 aliphatic carbocycles. The molecule has 0 spiro atoms. The smallest absolute Gasteiger partial charge is 0.260 e. The fraction of sp³-hybridized carbons (Fsp3) is 0.174. The number of fused-ring (bicyclic) bond motifs is 1. The lowest BCUT2D eigenvalue weighted by atomic mass is 9.90. The highest BCUT2D eigenvalue weighted by atomic mass is 35.5. The fourth-order valence-corrected chi connectivity index (χ4v) is 3.98. The molecule has 1 N–H and O–H groups in total. The van der Waals surface area contributed by atoms with Crippen molar-refractivity contribution >= 4 is 28.9 Å². The van der Waals surface area contributed by atoms with Crippen LogP contribution in [0.4, 0.5) is 11.4 Å². The van der Waals surface area contributed by atoms with Gasteiger partial charge >= 0.3 is 0 Å². The summed E-state index contributed by atoms with van der Waals surface area (Å²) >= 11 is 6.29. The summed E-state index contributed by atoms with van der Waals surface area (Å²) in [5.74, 6) is -0.0567. The number of hydrogen-bond acceptors (Lipinski definition) is 2. The highest BCUT2D eigenvalue weighted by Crippen LogP contribution is 2.40. The van der Waals surface area contributed by atoms with Crippen LogP contribution in [0.3, 0.4) is 0 Å². The Morgan fingerprint density at radius 2 is 1.63 bits per heavy atom. The zero-order valence-electron chi connectivity index (χ0n) is 15.1. The molecule has 0 fully saturated rings. The Morgan fingerprint density at radius 1 is 0.963 bits per heavy atom. The molecule has 0 aromatic heterocycles. The molecule has 3 nitrogen and oxygen atoms in total. The van der Waals surface area contributed by atoms with Crippen LogP contribution in [0.2, 0.25) is 5.02 Å². The molecule has 0 unspecified atom stereocenters. The summed E-state index contributed by atoms with van der Waals surface area (Å²) in [6, 6.07) is 25.7. The van der Waals surface area contributed by atoms with Crippen molar-refractivity contribution in [1.29, 1.82) is 0 Å². The standard InChI is InChI=1S/C23H21ClN2O/c1-16-15-21(25-17-9-3-2-4-10-17)19-12-6-8-14-22(19)26(16)23(27)18-11-5-7-13-20(18)24/h2-14,16,21,25H,15H2,1H3/t16-,21+/m0/s1. The monoisotopic (exact) mass is 376 g/mol. The lowest BCUT2D eigenvalue weighted by molar-refractivity contribution is 0.0974. The van der Waals surface area contributed by atoms with Crippen LogP contribution in [0.25, 0.3) is 0 Å². The molecule has 27 heavy (non-hydrogen) atoms. The Kier molecular flexibility index (Phi) is 4.87. The predicted octanol–water partition coefficient (Wildman–Crippen LogP) is 5.93. The minimum atomic E-state index is -0.0567. The number of hydrogen-bond donors (Lipinski definition) is 1. The Labute approximate surface area is 164 Å². The normalized spacial score (nSPS) is 18.7. The number of carbonyl (C=O) groups excluding carboxylic acids is 1. The van der Waals surface area contributed by atoms with Gasteiger partial charge in [0.1, 0.15) is 0 Å². The Balaban J connectivity index is 1.71. The number of anilines is 2. The number of rotatable bonds is 3. The average molecular weight is 377 g/mol. The number of para-hydroxylation sites is 2. The molecule has 3 aromatic carbocycles. The van der Waals surface area contributed by atoms with E-state index in [9.17, 15) is 4.79 Å². The van der Waals surface area contributed by atoms with E-state index in [4.69, 9.17) is 11.6 Å². The molecule has 0 saturated heterocycles. The summed E-state index contributed by atoms with van der Waals surface area (Å²) in [4.78, 5) is 15.2. The largest absolute Gasteiger partial charge is 0.378 e. The first-order valence-electron chi connectivity index (χ1n) is 9.14. The maximum absolute atomic E-state index is 13.3. The third-order valence-corrected chi connectivity index (χ3v) is 5.36. The van der Waals surface area contributed by atoms with Gasteiger partial charge in [-0.05, 0) is 49.2 Å². The highest BCUT2D eigenvalue weighted by Gasteiger charge is 2.34. The van der Waals surface area contributed by atoms with Crippen molar-refractivity contribution in [3.63, 3.8) is 0 Å². The van der Waals surface area contributed by atoms with Crippen LogP contribution in [0.15, 0.2) is 78.9 Å². The van der Waals surface area contributed by atoms with E-state index in [-0.39, 0.29) is 18.0 Å². The second-order valence-electron chi connectivity index (χ2n) is 6.86. The Morgan fingerprint density at radius 3 is 2.41 bits per heavy atom. The van der Waals surface area contributed by atoms with E-state index in [2.05, 4.69) is 30.4 Å². The molecule has 4 rings (SSSR count). The molecule has 1 amide bonds. The molecule has 136 valence electrons. The zero-order valence-corrected chi connectivity index (χ0v) is 15.9. The van der Waals surface area contributed by atoms with E-state index in [0.29, 0.717) is 10.6 Å². The third kappa shape index (κ3) is 3.43. The molecular weight excluding hydrogens is 356 g/mol. The molecule has 0 saturated carbocycles. The van der Waals surface area contributed by atoms with Gasteiger partial charge in [-0.25, -0.2) is 0 Å². The van der Waals surface area contributed by atoms with Gasteiger partial charge in [0.15, 0.2) is 0 Å². The van der Waals surface area contributed by atoms with Gasteiger partial charge in [-0.2, -0.15) is 0 Å². The van der Waals surface area contributed by atoms with E-state index in [1.165, 1.54) is 0 Å². The van der Waals surface area contributed by atoms with Crippen LogP contribution in [-0.2, 0) is 0 Å². The second-order valence-corrected chi connectivity index (χ2v) is 7.27. The van der Waals surface area contributed by atoms with Gasteiger partial charge in [-0.15, -0.1) is 0 Å². The highest BCUT2D eigenvalue weighted by molar-refractivity contribution is 6.34. The van der Waals surface area contributed by atoms with Crippen molar-refractivity contribution in [3.8, 4) is 0 Å². The quantitative estimate of drug-likeness (QED) is 0.614. The Hall–Kier alpha value is -2.78. The predicted molar refractivity (Wildman–Crippen MR) is 112 cm³/mol. The SMILES string of the molecule is C[C@H]1C[C@@H](Nc2ccccc2)c2ccccc2N1C(=O)c1ccccc1Cl. The van der Waals surface area contributed by atoms with Crippen molar-refractivity contribution < 1.29 is 4.79 Å². The maximum Gasteiger partial charge on any atom is 0.260 e. The lowest BCUT2D eigenvalue weighted by Gasteiger charge is -2.40. The molecule has 1 aliphatic rings. The fourth-order valence-electron chi connectivity index (χ4n) is 3.76. The van der Waals surface area contributed by atoms with Gasteiger partial charge in [-0.1, -0.05) is 60.1 Å². The second kappa shape index (κ2) is 7.45. The van der Waals surface area contributed by atoms with Gasteiger partial charge < -0.3 is 10.2 Å². The first-order chi connectivity index (χ1) is 13.1. The summed E-state index contributed by atoms with van der Waals surface area (Å²) in [6.45, 7) is 2.09. The van der Waals surface area contributed by atoms with Crippen LogP contribution >= 0.6 is 11.6 Å². The number of carbonyl (C=O) groups is 1. The van der Waals surface area contributed by atoms with E-state index >= 15 is 0 Å². The number of amides is 1. The van der Waals surface area contributed by atoms with Crippen LogP contribution < -0.4 is 10.2 Å². The van der Waals surface area contributed by atoms with Gasteiger partial charge in [0.25, 0.3) is 5.91 Å². The molecule has 3 aromatic rings. The average Bonchev–Trinajstić information content (AvgIpc) is 2.69. The summed E-state index contributed by atoms with van der Waals surface area (Å²) in [5, 5.41) is 4.10. The molecular formula is C23H21ClN2O. The summed E-state index contributed by atoms with van der Waals surface area (Å²) in [5.41, 5.74) is 3.68. The van der Waals surface area contributed by atoms with Crippen LogP contribution in [0, 0.1) is 0 Å². The summed E-state index contributed by atoms with van der Waals surface area (Å²) < 4.78 is 0. The number of benzene rings is 3. The van der Waals surface area contributed by atoms with E-state index in [0.717, 1.165) is 23.4 Å². The maximum atomic E-state index is 13.3. The molecule has 1 aliphatic heterocycles. The van der Waals surface area contributed by atoms with Crippen molar-refractivity contribution in [2.45, 2.75) is 25.4 Å². The van der Waals surface area contributed by atoms with Crippen LogP contribution in [0.1, 0.15) is 35.3 Å². The summed E-state index contributed by atoms with van der Waals surface area (Å²) in [7, 11) is 0. The number of halogens is 1. The van der Waals surface area contributed by atoms with Crippen molar-refractivity contribution in [3.05, 3.63) is 95.0 Å². The third-order valence-electron chi connectivity index (χ3n) is 5.03. The van der Waals surface area contributed by atoms with Crippen molar-refractivity contribution in [2.75, 3.05) is 10.2 Å². The Bertz CT molecular complexity index is 957. The molecule has 0 radical (unpaired) electrons. The van der Waals surface area contributed by atoms with Gasteiger partial charge in [0, 0.05) is 17.4 Å². The van der Waals surface area contributed by atoms with Crippen LogP contribution in [0.5, 0.6) is 0 Å². The zero-order chi connectivity index (χ0) is 18.8. The molecule has 2 atom stereocenters.